The van der Waals surface area contributed by atoms with Crippen molar-refractivity contribution in [2.75, 3.05) is 31.6 Å². The molecule has 0 saturated heterocycles. The van der Waals surface area contributed by atoms with Crippen molar-refractivity contribution in [1.29, 1.82) is 0 Å². The Kier molecular flexibility index (Phi) is 4.96. The minimum atomic E-state index is 0.0997. The molecule has 1 N–H and O–H groups in total. The fourth-order valence-corrected chi connectivity index (χ4v) is 2.89. The Labute approximate surface area is 142 Å². The molecule has 1 amide bonds. The number of carbonyl (C=O) groups excluding carboxylic acids is 1. The largest absolute Gasteiger partial charge is 0.508 e. The van der Waals surface area contributed by atoms with E-state index in [1.165, 1.54) is 5.57 Å². The third-order valence-corrected chi connectivity index (χ3v) is 4.41. The SMILES string of the molecule is CN(C(=O)CN1CC=C(c2ccc(O)cc2)CC1)c1ccccc1. The number of amides is 1. The summed E-state index contributed by atoms with van der Waals surface area (Å²) >= 11 is 0. The molecule has 0 radical (unpaired) electrons. The molecule has 0 unspecified atom stereocenters. The van der Waals surface area contributed by atoms with Gasteiger partial charge in [-0.1, -0.05) is 36.4 Å². The van der Waals surface area contributed by atoms with Gasteiger partial charge in [0, 0.05) is 25.8 Å². The van der Waals surface area contributed by atoms with Crippen LogP contribution in [0.2, 0.25) is 0 Å². The summed E-state index contributed by atoms with van der Waals surface area (Å²) in [5, 5.41) is 9.37. The Morgan fingerprint density at radius 3 is 2.46 bits per heavy atom. The van der Waals surface area contributed by atoms with E-state index in [-0.39, 0.29) is 11.7 Å². The van der Waals surface area contributed by atoms with Crippen LogP contribution in [0.3, 0.4) is 0 Å². The second-order valence-corrected chi connectivity index (χ2v) is 6.05. The monoisotopic (exact) mass is 322 g/mol. The molecule has 0 fully saturated rings. The van der Waals surface area contributed by atoms with Crippen molar-refractivity contribution in [2.24, 2.45) is 0 Å². The third-order valence-electron chi connectivity index (χ3n) is 4.41. The van der Waals surface area contributed by atoms with Crippen LogP contribution in [0.15, 0.2) is 60.7 Å². The quantitative estimate of drug-likeness (QED) is 0.940. The van der Waals surface area contributed by atoms with Crippen molar-refractivity contribution in [1.82, 2.24) is 4.90 Å². The zero-order chi connectivity index (χ0) is 16.9. The molecule has 4 heteroatoms. The average Bonchev–Trinajstić information content (AvgIpc) is 2.63. The van der Waals surface area contributed by atoms with Gasteiger partial charge >= 0.3 is 0 Å². The second-order valence-electron chi connectivity index (χ2n) is 6.05. The first kappa shape index (κ1) is 16.3. The van der Waals surface area contributed by atoms with Crippen LogP contribution in [0.4, 0.5) is 5.69 Å². The molecule has 24 heavy (non-hydrogen) atoms. The summed E-state index contributed by atoms with van der Waals surface area (Å²) in [5.41, 5.74) is 3.33. The number of aromatic hydroxyl groups is 1. The maximum Gasteiger partial charge on any atom is 0.240 e. The Bertz CT molecular complexity index is 723. The summed E-state index contributed by atoms with van der Waals surface area (Å²) in [6.45, 7) is 2.05. The van der Waals surface area contributed by atoms with Gasteiger partial charge in [0.05, 0.1) is 6.54 Å². The average molecular weight is 322 g/mol. The predicted octanol–water partition coefficient (Wildman–Crippen LogP) is 3.14. The molecule has 0 aromatic heterocycles. The summed E-state index contributed by atoms with van der Waals surface area (Å²) in [5.74, 6) is 0.383. The van der Waals surface area contributed by atoms with Crippen molar-refractivity contribution >= 4 is 17.2 Å². The van der Waals surface area contributed by atoms with Crippen molar-refractivity contribution < 1.29 is 9.90 Å². The maximum absolute atomic E-state index is 12.4. The van der Waals surface area contributed by atoms with Crippen molar-refractivity contribution in [3.63, 3.8) is 0 Å². The Morgan fingerprint density at radius 2 is 1.83 bits per heavy atom. The Morgan fingerprint density at radius 1 is 1.12 bits per heavy atom. The van der Waals surface area contributed by atoms with E-state index in [9.17, 15) is 9.90 Å². The number of benzene rings is 2. The molecule has 1 heterocycles. The molecule has 1 aliphatic heterocycles. The van der Waals surface area contributed by atoms with Crippen LogP contribution in [-0.4, -0.2) is 42.6 Å². The highest BCUT2D eigenvalue weighted by molar-refractivity contribution is 5.94. The number of rotatable bonds is 4. The smallest absolute Gasteiger partial charge is 0.240 e. The molecule has 2 aromatic carbocycles. The van der Waals surface area contributed by atoms with Gasteiger partial charge in [-0.15, -0.1) is 0 Å². The molecule has 1 aliphatic rings. The molecule has 0 spiro atoms. The molecule has 0 bridgehead atoms. The van der Waals surface area contributed by atoms with Gasteiger partial charge in [0.25, 0.3) is 0 Å². The number of hydrogen-bond donors (Lipinski definition) is 1. The summed E-state index contributed by atoms with van der Waals surface area (Å²) in [6, 6.07) is 17.0. The summed E-state index contributed by atoms with van der Waals surface area (Å²) < 4.78 is 0. The van der Waals surface area contributed by atoms with Crippen molar-refractivity contribution in [3.8, 4) is 5.75 Å². The molecule has 3 rings (SSSR count). The van der Waals surface area contributed by atoms with Crippen LogP contribution in [0.25, 0.3) is 5.57 Å². The zero-order valence-electron chi connectivity index (χ0n) is 13.9. The van der Waals surface area contributed by atoms with E-state index >= 15 is 0 Å². The normalized spacial score (nSPS) is 15.0. The lowest BCUT2D eigenvalue weighted by molar-refractivity contribution is -0.119. The third kappa shape index (κ3) is 3.84. The van der Waals surface area contributed by atoms with Gasteiger partial charge in [-0.3, -0.25) is 9.69 Å². The van der Waals surface area contributed by atoms with E-state index in [2.05, 4.69) is 11.0 Å². The minimum Gasteiger partial charge on any atom is -0.508 e. The van der Waals surface area contributed by atoms with Gasteiger partial charge in [0.15, 0.2) is 0 Å². The highest BCUT2D eigenvalue weighted by Gasteiger charge is 2.18. The lowest BCUT2D eigenvalue weighted by atomic mass is 9.99. The second kappa shape index (κ2) is 7.32. The number of para-hydroxylation sites is 1. The number of hydrogen-bond acceptors (Lipinski definition) is 3. The molecular weight excluding hydrogens is 300 g/mol. The fraction of sp³-hybridized carbons (Fsp3) is 0.250. The minimum absolute atomic E-state index is 0.0997. The van der Waals surface area contributed by atoms with E-state index in [0.29, 0.717) is 6.54 Å². The van der Waals surface area contributed by atoms with E-state index in [4.69, 9.17) is 0 Å². The van der Waals surface area contributed by atoms with Gasteiger partial charge in [-0.2, -0.15) is 0 Å². The summed E-state index contributed by atoms with van der Waals surface area (Å²) in [6.07, 6.45) is 3.08. The molecule has 2 aromatic rings. The number of phenolic OH excluding ortho intramolecular Hbond substituents is 1. The van der Waals surface area contributed by atoms with Crippen LogP contribution < -0.4 is 4.90 Å². The molecular formula is C20H22N2O2. The van der Waals surface area contributed by atoms with E-state index in [0.717, 1.165) is 30.8 Å². The molecule has 0 aliphatic carbocycles. The van der Waals surface area contributed by atoms with Gasteiger partial charge in [0.1, 0.15) is 5.75 Å². The number of likely N-dealkylation sites (N-methyl/N-ethyl adjacent to an activating group) is 1. The van der Waals surface area contributed by atoms with Crippen LogP contribution in [0.5, 0.6) is 5.75 Å². The maximum atomic E-state index is 12.4. The highest BCUT2D eigenvalue weighted by Crippen LogP contribution is 2.24. The lowest BCUT2D eigenvalue weighted by Crippen LogP contribution is -2.40. The van der Waals surface area contributed by atoms with Gasteiger partial charge in [-0.05, 0) is 41.8 Å². The van der Waals surface area contributed by atoms with Crippen LogP contribution in [0, 0.1) is 0 Å². The van der Waals surface area contributed by atoms with Crippen molar-refractivity contribution in [3.05, 3.63) is 66.2 Å². The van der Waals surface area contributed by atoms with E-state index in [1.54, 1.807) is 17.0 Å². The number of nitrogens with zero attached hydrogens (tertiary/aromatic N) is 2. The first-order chi connectivity index (χ1) is 11.6. The zero-order valence-corrected chi connectivity index (χ0v) is 13.9. The molecule has 0 atom stereocenters. The van der Waals surface area contributed by atoms with Crippen LogP contribution in [-0.2, 0) is 4.79 Å². The van der Waals surface area contributed by atoms with Crippen LogP contribution in [0.1, 0.15) is 12.0 Å². The van der Waals surface area contributed by atoms with Gasteiger partial charge in [0.2, 0.25) is 5.91 Å². The number of anilines is 1. The predicted molar refractivity (Wildman–Crippen MR) is 97.0 cm³/mol. The number of phenols is 1. The van der Waals surface area contributed by atoms with Crippen LogP contribution >= 0.6 is 0 Å². The topological polar surface area (TPSA) is 43.8 Å². The first-order valence-corrected chi connectivity index (χ1v) is 8.16. The summed E-state index contributed by atoms with van der Waals surface area (Å²) in [4.78, 5) is 16.3. The lowest BCUT2D eigenvalue weighted by Gasteiger charge is -2.28. The van der Waals surface area contributed by atoms with Gasteiger partial charge in [-0.25, -0.2) is 0 Å². The fourth-order valence-electron chi connectivity index (χ4n) is 2.89. The number of carbonyl (C=O) groups is 1. The first-order valence-electron chi connectivity index (χ1n) is 8.16. The summed E-state index contributed by atoms with van der Waals surface area (Å²) in [7, 11) is 1.82. The Balaban J connectivity index is 1.58. The van der Waals surface area contributed by atoms with Gasteiger partial charge < -0.3 is 10.0 Å². The Hall–Kier alpha value is -2.59. The molecule has 0 saturated carbocycles. The molecule has 124 valence electrons. The standard InChI is InChI=1S/C20H22N2O2/c1-21(18-5-3-2-4-6-18)20(24)15-22-13-11-17(12-14-22)16-7-9-19(23)10-8-16/h2-11,23H,12-15H2,1H3. The van der Waals surface area contributed by atoms with E-state index in [1.807, 2.05) is 49.5 Å². The highest BCUT2D eigenvalue weighted by atomic mass is 16.3. The van der Waals surface area contributed by atoms with Crippen molar-refractivity contribution in [2.45, 2.75) is 6.42 Å². The molecule has 4 nitrogen and oxygen atoms in total. The van der Waals surface area contributed by atoms with E-state index < -0.39 is 0 Å².